The number of aliphatic carboxylic acids is 2. The minimum absolute atomic E-state index is 0.617. The number of hydrogen-bond donors (Lipinski definition) is 2. The van der Waals surface area contributed by atoms with Gasteiger partial charge < -0.3 is 29.2 Å². The molecule has 0 unspecified atom stereocenters. The average molecular weight is 492 g/mol. The van der Waals surface area contributed by atoms with Gasteiger partial charge in [0.15, 0.2) is 11.5 Å². The molecular weight excluding hydrogens is 462 g/mol. The fourth-order valence-electron chi connectivity index (χ4n) is 4.55. The lowest BCUT2D eigenvalue weighted by atomic mass is 10.1. The number of ether oxygens (including phenoxy) is 2. The van der Waals surface area contributed by atoms with E-state index in [9.17, 15) is 0 Å². The van der Waals surface area contributed by atoms with Crippen molar-refractivity contribution in [1.82, 2.24) is 9.47 Å². The Kier molecular flexibility index (Phi) is 7.98. The molecule has 0 atom stereocenters. The topological polar surface area (TPSA) is 104 Å². The van der Waals surface area contributed by atoms with Crippen molar-refractivity contribution in [2.24, 2.45) is 0 Å². The van der Waals surface area contributed by atoms with Gasteiger partial charge in [-0.1, -0.05) is 30.2 Å². The molecule has 3 aromatic rings. The van der Waals surface area contributed by atoms with Crippen LogP contribution in [0.5, 0.6) is 11.5 Å². The Bertz CT molecular complexity index is 1260. The summed E-state index contributed by atoms with van der Waals surface area (Å²) in [4.78, 5) is 23.2. The molecule has 9 nitrogen and oxygen atoms in total. The van der Waals surface area contributed by atoms with E-state index >= 15 is 0 Å². The van der Waals surface area contributed by atoms with Crippen LogP contribution in [0.25, 0.3) is 10.9 Å². The van der Waals surface area contributed by atoms with Gasteiger partial charge in [-0.05, 0) is 30.2 Å². The van der Waals surface area contributed by atoms with Gasteiger partial charge >= 0.3 is 11.9 Å². The molecule has 0 aliphatic carbocycles. The minimum atomic E-state index is -1.82. The standard InChI is InChI=1S/C25H27N3O2.C2H2O4/c1-2-11-28-19-20(21-6-3-4-7-22(21)28)10-12-26-13-15-27(16-14-26)23-8-5-9-24-25(23)30-18-17-29-24;3-1(4)2(5)6/h1,3-9,19H,10-18H2;(H,3,4)(H,5,6). The van der Waals surface area contributed by atoms with Crippen molar-refractivity contribution in [2.45, 2.75) is 13.0 Å². The molecule has 1 saturated heterocycles. The van der Waals surface area contributed by atoms with Gasteiger partial charge in [-0.3, -0.25) is 4.90 Å². The van der Waals surface area contributed by atoms with Gasteiger partial charge in [0, 0.05) is 49.8 Å². The van der Waals surface area contributed by atoms with E-state index in [4.69, 9.17) is 35.7 Å². The average Bonchev–Trinajstić information content (AvgIpc) is 3.25. The van der Waals surface area contributed by atoms with Crippen LogP contribution in [0.15, 0.2) is 48.7 Å². The maximum atomic E-state index is 9.10. The first-order chi connectivity index (χ1) is 17.5. The molecule has 0 radical (unpaired) electrons. The molecule has 0 amide bonds. The number of anilines is 1. The molecule has 1 fully saturated rings. The molecule has 2 aromatic carbocycles. The Balaban J connectivity index is 0.000000455. The van der Waals surface area contributed by atoms with E-state index in [0.717, 1.165) is 56.3 Å². The summed E-state index contributed by atoms with van der Waals surface area (Å²) >= 11 is 0. The van der Waals surface area contributed by atoms with Gasteiger partial charge in [-0.25, -0.2) is 9.59 Å². The highest BCUT2D eigenvalue weighted by atomic mass is 16.6. The number of hydrogen-bond acceptors (Lipinski definition) is 6. The highest BCUT2D eigenvalue weighted by Crippen LogP contribution is 2.39. The van der Waals surface area contributed by atoms with Gasteiger partial charge in [-0.15, -0.1) is 6.42 Å². The van der Waals surface area contributed by atoms with Gasteiger partial charge in [-0.2, -0.15) is 0 Å². The second-order valence-corrected chi connectivity index (χ2v) is 8.49. The smallest absolute Gasteiger partial charge is 0.414 e. The van der Waals surface area contributed by atoms with E-state index in [1.54, 1.807) is 0 Å². The number of carbonyl (C=O) groups is 2. The van der Waals surface area contributed by atoms with Crippen LogP contribution in [0.2, 0.25) is 0 Å². The van der Waals surface area contributed by atoms with E-state index in [1.165, 1.54) is 16.5 Å². The van der Waals surface area contributed by atoms with E-state index in [2.05, 4.69) is 62.9 Å². The van der Waals surface area contributed by atoms with Crippen LogP contribution in [-0.4, -0.2) is 77.6 Å². The first kappa shape index (κ1) is 24.9. The summed E-state index contributed by atoms with van der Waals surface area (Å²) in [6.07, 6.45) is 8.82. The van der Waals surface area contributed by atoms with E-state index in [1.807, 2.05) is 6.07 Å². The monoisotopic (exact) mass is 491 g/mol. The largest absolute Gasteiger partial charge is 0.486 e. The summed E-state index contributed by atoms with van der Waals surface area (Å²) < 4.78 is 13.8. The van der Waals surface area contributed by atoms with Crippen molar-refractivity contribution in [3.05, 3.63) is 54.2 Å². The summed E-state index contributed by atoms with van der Waals surface area (Å²) in [5, 5.41) is 16.1. The van der Waals surface area contributed by atoms with Crippen molar-refractivity contribution in [1.29, 1.82) is 0 Å². The fourth-order valence-corrected chi connectivity index (χ4v) is 4.55. The maximum absolute atomic E-state index is 9.10. The van der Waals surface area contributed by atoms with E-state index < -0.39 is 11.9 Å². The van der Waals surface area contributed by atoms with Crippen molar-refractivity contribution in [3.63, 3.8) is 0 Å². The number of terminal acetylenes is 1. The highest BCUT2D eigenvalue weighted by Gasteiger charge is 2.23. The second kappa shape index (κ2) is 11.5. The predicted molar refractivity (Wildman–Crippen MR) is 136 cm³/mol. The van der Waals surface area contributed by atoms with Crippen LogP contribution in [0.3, 0.4) is 0 Å². The highest BCUT2D eigenvalue weighted by molar-refractivity contribution is 6.27. The number of benzene rings is 2. The number of carboxylic acids is 2. The first-order valence-electron chi connectivity index (χ1n) is 11.8. The fraction of sp³-hybridized carbons (Fsp3) is 0.333. The Morgan fingerprint density at radius 3 is 2.39 bits per heavy atom. The Morgan fingerprint density at radius 1 is 0.944 bits per heavy atom. The third kappa shape index (κ3) is 5.73. The van der Waals surface area contributed by atoms with Crippen LogP contribution in [-0.2, 0) is 22.6 Å². The molecule has 3 heterocycles. The maximum Gasteiger partial charge on any atom is 0.414 e. The zero-order valence-electron chi connectivity index (χ0n) is 19.9. The van der Waals surface area contributed by atoms with Crippen LogP contribution < -0.4 is 14.4 Å². The molecule has 2 aliphatic rings. The first-order valence-corrected chi connectivity index (χ1v) is 11.8. The third-order valence-corrected chi connectivity index (χ3v) is 6.27. The van der Waals surface area contributed by atoms with Crippen molar-refractivity contribution in [3.8, 4) is 23.8 Å². The van der Waals surface area contributed by atoms with E-state index in [0.29, 0.717) is 19.8 Å². The molecular formula is C27H29N3O6. The van der Waals surface area contributed by atoms with Gasteiger partial charge in [0.25, 0.3) is 0 Å². The summed E-state index contributed by atoms with van der Waals surface area (Å²) in [5.41, 5.74) is 3.77. The molecule has 0 spiro atoms. The summed E-state index contributed by atoms with van der Waals surface area (Å²) in [5.74, 6) is 0.883. The van der Waals surface area contributed by atoms with Gasteiger partial charge in [0.05, 0.1) is 12.2 Å². The quantitative estimate of drug-likeness (QED) is 0.415. The Morgan fingerprint density at radius 2 is 1.67 bits per heavy atom. The molecule has 1 aromatic heterocycles. The number of piperazine rings is 1. The number of carboxylic acid groups (broad SMARTS) is 2. The molecule has 0 saturated carbocycles. The molecule has 36 heavy (non-hydrogen) atoms. The molecule has 0 bridgehead atoms. The third-order valence-electron chi connectivity index (χ3n) is 6.27. The van der Waals surface area contributed by atoms with Crippen molar-refractivity contribution in [2.75, 3.05) is 50.8 Å². The Hall–Kier alpha value is -4.16. The molecule has 5 rings (SSSR count). The lowest BCUT2D eigenvalue weighted by Gasteiger charge is -2.37. The summed E-state index contributed by atoms with van der Waals surface area (Å²) in [6.45, 7) is 7.02. The minimum Gasteiger partial charge on any atom is -0.486 e. The molecule has 2 N–H and O–H groups in total. The number of fused-ring (bicyclic) bond motifs is 2. The second-order valence-electron chi connectivity index (χ2n) is 8.49. The number of nitrogens with zero attached hydrogens (tertiary/aromatic N) is 3. The van der Waals surface area contributed by atoms with Crippen LogP contribution in [0, 0.1) is 12.3 Å². The summed E-state index contributed by atoms with van der Waals surface area (Å²) in [7, 11) is 0. The van der Waals surface area contributed by atoms with Crippen molar-refractivity contribution >= 4 is 28.5 Å². The van der Waals surface area contributed by atoms with Crippen LogP contribution >= 0.6 is 0 Å². The summed E-state index contributed by atoms with van der Waals surface area (Å²) in [6, 6.07) is 14.7. The van der Waals surface area contributed by atoms with Crippen molar-refractivity contribution < 1.29 is 29.3 Å². The Labute approximate surface area is 209 Å². The van der Waals surface area contributed by atoms with Crippen LogP contribution in [0.1, 0.15) is 5.56 Å². The number of aromatic nitrogens is 1. The van der Waals surface area contributed by atoms with E-state index in [-0.39, 0.29) is 0 Å². The number of rotatable bonds is 5. The lowest BCUT2D eigenvalue weighted by molar-refractivity contribution is -0.159. The van der Waals surface area contributed by atoms with Gasteiger partial charge in [0.2, 0.25) is 0 Å². The molecule has 188 valence electrons. The SMILES string of the molecule is C#CCn1cc(CCN2CCN(c3cccc4c3OCCO4)CC2)c2ccccc21.O=C(O)C(=O)O. The molecule has 2 aliphatic heterocycles. The lowest BCUT2D eigenvalue weighted by Crippen LogP contribution is -2.47. The zero-order chi connectivity index (χ0) is 25.5. The van der Waals surface area contributed by atoms with Gasteiger partial charge in [0.1, 0.15) is 13.2 Å². The predicted octanol–water partition coefficient (Wildman–Crippen LogP) is 2.57. The zero-order valence-corrected chi connectivity index (χ0v) is 19.9. The van der Waals surface area contributed by atoms with Crippen LogP contribution in [0.4, 0.5) is 5.69 Å². The normalized spacial score (nSPS) is 15.0. The number of para-hydroxylation sites is 2. The molecule has 9 heteroatoms.